The molecular weight excluding hydrogens is 538 g/mol. The van der Waals surface area contributed by atoms with E-state index in [0.29, 0.717) is 60.1 Å². The Bertz CT molecular complexity index is 1570. The monoisotopic (exact) mass is 568 g/mol. The van der Waals surface area contributed by atoms with Gasteiger partial charge in [0.2, 0.25) is 11.8 Å². The Morgan fingerprint density at radius 2 is 1.88 bits per heavy atom. The number of carbonyl (C=O) groups excluding carboxylic acids is 1. The van der Waals surface area contributed by atoms with Crippen LogP contribution in [-0.4, -0.2) is 33.6 Å². The molecule has 1 amide bonds. The number of amides is 1. The number of hydrogen-bond acceptors (Lipinski definition) is 5. The second-order valence-corrected chi connectivity index (χ2v) is 11.2. The van der Waals surface area contributed by atoms with Gasteiger partial charge in [-0.15, -0.1) is 0 Å². The van der Waals surface area contributed by atoms with Gasteiger partial charge in [0.05, 0.1) is 34.9 Å². The van der Waals surface area contributed by atoms with E-state index in [4.69, 9.17) is 25.8 Å². The van der Waals surface area contributed by atoms with Crippen molar-refractivity contribution < 1.29 is 22.8 Å². The van der Waals surface area contributed by atoms with E-state index in [0.717, 1.165) is 27.9 Å². The standard InChI is InChI=1S/C30H31ClF2N4O3/c1-17-28(18(2)40-35-17)19-7-9-24-23(15-19)34-29(37(24)20-11-13-30(32,33)14-12-20)25-5-4-6-27(38)36(25)21-8-10-26(39-3)22(31)16-21/h7-10,15-16,20,25H,4-6,11-14H2,1-3H3. The molecular formula is C30H31ClF2N4O3. The summed E-state index contributed by atoms with van der Waals surface area (Å²) in [4.78, 5) is 20.3. The van der Waals surface area contributed by atoms with Crippen LogP contribution in [0.5, 0.6) is 5.75 Å². The lowest BCUT2D eigenvalue weighted by atomic mass is 9.91. The van der Waals surface area contributed by atoms with Gasteiger partial charge in [-0.2, -0.15) is 0 Å². The SMILES string of the molecule is COc1ccc(N2C(=O)CCCC2c2nc3cc(-c4c(C)noc4C)ccc3n2C2CCC(F)(F)CC2)cc1Cl. The minimum absolute atomic E-state index is 0.0253. The molecule has 2 fully saturated rings. The van der Waals surface area contributed by atoms with Gasteiger partial charge in [0.25, 0.3) is 0 Å². The molecule has 6 rings (SSSR count). The fraction of sp³-hybridized carbons (Fsp3) is 0.433. The third-order valence-electron chi connectivity index (χ3n) is 8.25. The lowest BCUT2D eigenvalue weighted by molar-refractivity contribution is -0.120. The van der Waals surface area contributed by atoms with Crippen LogP contribution in [0.25, 0.3) is 22.2 Å². The molecule has 40 heavy (non-hydrogen) atoms. The van der Waals surface area contributed by atoms with E-state index in [1.54, 1.807) is 24.1 Å². The van der Waals surface area contributed by atoms with Gasteiger partial charge in [-0.1, -0.05) is 22.8 Å². The Morgan fingerprint density at radius 1 is 1.10 bits per heavy atom. The van der Waals surface area contributed by atoms with E-state index in [1.165, 1.54) is 0 Å². The number of ether oxygens (including phenoxy) is 1. The van der Waals surface area contributed by atoms with Crippen LogP contribution in [0, 0.1) is 13.8 Å². The molecule has 2 aliphatic rings. The summed E-state index contributed by atoms with van der Waals surface area (Å²) in [5.41, 5.74) is 4.89. The van der Waals surface area contributed by atoms with Gasteiger partial charge in [-0.25, -0.2) is 13.8 Å². The third-order valence-corrected chi connectivity index (χ3v) is 8.55. The van der Waals surface area contributed by atoms with Crippen LogP contribution in [0.3, 0.4) is 0 Å². The van der Waals surface area contributed by atoms with Crippen molar-refractivity contribution in [1.82, 2.24) is 14.7 Å². The van der Waals surface area contributed by atoms with Gasteiger partial charge in [0.1, 0.15) is 17.3 Å². The molecule has 1 unspecified atom stereocenters. The first kappa shape index (κ1) is 26.7. The minimum atomic E-state index is -2.66. The van der Waals surface area contributed by atoms with Crippen molar-refractivity contribution in [3.05, 3.63) is 58.7 Å². The molecule has 10 heteroatoms. The molecule has 2 aromatic heterocycles. The van der Waals surface area contributed by atoms with Crippen molar-refractivity contribution in [1.29, 1.82) is 0 Å². The lowest BCUT2D eigenvalue weighted by Gasteiger charge is -2.37. The fourth-order valence-electron chi connectivity index (χ4n) is 6.31. The zero-order valence-corrected chi connectivity index (χ0v) is 23.5. The fourth-order valence-corrected chi connectivity index (χ4v) is 6.57. The van der Waals surface area contributed by atoms with E-state index in [-0.39, 0.29) is 30.8 Å². The maximum atomic E-state index is 14.2. The van der Waals surface area contributed by atoms with Crippen LogP contribution >= 0.6 is 11.6 Å². The second-order valence-electron chi connectivity index (χ2n) is 10.8. The zero-order valence-electron chi connectivity index (χ0n) is 22.7. The van der Waals surface area contributed by atoms with Gasteiger partial charge in [-0.3, -0.25) is 4.79 Å². The molecule has 1 aliphatic heterocycles. The van der Waals surface area contributed by atoms with Crippen LogP contribution in [-0.2, 0) is 4.79 Å². The highest BCUT2D eigenvalue weighted by molar-refractivity contribution is 6.32. The summed E-state index contributed by atoms with van der Waals surface area (Å²) in [5.74, 6) is -0.736. The molecule has 2 aromatic carbocycles. The summed E-state index contributed by atoms with van der Waals surface area (Å²) in [6.07, 6.45) is 2.15. The number of aromatic nitrogens is 3. The van der Waals surface area contributed by atoms with Crippen molar-refractivity contribution in [3.63, 3.8) is 0 Å². The number of methoxy groups -OCH3 is 1. The molecule has 1 saturated heterocycles. The van der Waals surface area contributed by atoms with Crippen LogP contribution < -0.4 is 9.64 Å². The van der Waals surface area contributed by atoms with Crippen LogP contribution in [0.2, 0.25) is 5.02 Å². The number of benzene rings is 2. The first-order valence-electron chi connectivity index (χ1n) is 13.7. The molecule has 210 valence electrons. The summed E-state index contributed by atoms with van der Waals surface area (Å²) in [7, 11) is 1.54. The quantitative estimate of drug-likeness (QED) is 0.244. The predicted molar refractivity (Wildman–Crippen MR) is 149 cm³/mol. The van der Waals surface area contributed by atoms with Gasteiger partial charge in [-0.05, 0) is 75.4 Å². The number of anilines is 1. The smallest absolute Gasteiger partial charge is 0.248 e. The lowest BCUT2D eigenvalue weighted by Crippen LogP contribution is -2.40. The summed E-state index contributed by atoms with van der Waals surface area (Å²) in [5, 5.41) is 4.50. The first-order chi connectivity index (χ1) is 19.2. The molecule has 0 N–H and O–H groups in total. The Labute approximate surface area is 236 Å². The van der Waals surface area contributed by atoms with Crippen molar-refractivity contribution in [2.24, 2.45) is 0 Å². The molecule has 0 radical (unpaired) electrons. The number of imidazole rings is 1. The number of piperidine rings is 1. The maximum absolute atomic E-state index is 14.2. The Morgan fingerprint density at radius 3 is 2.55 bits per heavy atom. The number of nitrogens with zero attached hydrogens (tertiary/aromatic N) is 4. The van der Waals surface area contributed by atoms with Gasteiger partial charge >= 0.3 is 0 Å². The molecule has 3 heterocycles. The Balaban J connectivity index is 1.50. The van der Waals surface area contributed by atoms with Gasteiger partial charge in [0, 0.05) is 36.6 Å². The molecule has 1 saturated carbocycles. The maximum Gasteiger partial charge on any atom is 0.248 e. The van der Waals surface area contributed by atoms with Gasteiger partial charge in [0.15, 0.2) is 0 Å². The number of carbonyl (C=O) groups is 1. The van der Waals surface area contributed by atoms with Crippen molar-refractivity contribution in [2.75, 3.05) is 12.0 Å². The Hall–Kier alpha value is -3.46. The number of rotatable bonds is 5. The number of fused-ring (bicyclic) bond motifs is 1. The summed E-state index contributed by atoms with van der Waals surface area (Å²) >= 11 is 6.46. The zero-order chi connectivity index (χ0) is 28.2. The summed E-state index contributed by atoms with van der Waals surface area (Å²) in [6, 6.07) is 10.8. The van der Waals surface area contributed by atoms with E-state index in [1.807, 2.05) is 38.1 Å². The number of alkyl halides is 2. The number of aryl methyl sites for hydroxylation is 2. The Kier molecular flexibility index (Phi) is 6.81. The van der Waals surface area contributed by atoms with Crippen molar-refractivity contribution in [3.8, 4) is 16.9 Å². The number of halogens is 3. The van der Waals surface area contributed by atoms with Gasteiger partial charge < -0.3 is 18.7 Å². The predicted octanol–water partition coefficient (Wildman–Crippen LogP) is 7.98. The molecule has 4 aromatic rings. The van der Waals surface area contributed by atoms with E-state index in [2.05, 4.69) is 9.72 Å². The summed E-state index contributed by atoms with van der Waals surface area (Å²) in [6.45, 7) is 3.77. The first-order valence-corrected chi connectivity index (χ1v) is 14.0. The molecule has 0 spiro atoms. The highest BCUT2D eigenvalue weighted by Gasteiger charge is 2.40. The minimum Gasteiger partial charge on any atom is -0.495 e. The van der Waals surface area contributed by atoms with Crippen LogP contribution in [0.15, 0.2) is 40.9 Å². The highest BCUT2D eigenvalue weighted by Crippen LogP contribution is 2.45. The molecule has 1 atom stereocenters. The third kappa shape index (κ3) is 4.64. The highest BCUT2D eigenvalue weighted by atomic mass is 35.5. The van der Waals surface area contributed by atoms with Crippen molar-refractivity contribution >= 4 is 34.2 Å². The number of hydrogen-bond donors (Lipinski definition) is 0. The van der Waals surface area contributed by atoms with Crippen LogP contribution in [0.1, 0.15) is 74.3 Å². The molecule has 1 aliphatic carbocycles. The van der Waals surface area contributed by atoms with E-state index in [9.17, 15) is 13.6 Å². The van der Waals surface area contributed by atoms with E-state index < -0.39 is 5.92 Å². The van der Waals surface area contributed by atoms with Crippen molar-refractivity contribution in [2.45, 2.75) is 76.8 Å². The average Bonchev–Trinajstić information content (AvgIpc) is 3.47. The summed E-state index contributed by atoms with van der Waals surface area (Å²) < 4.78 is 41.2. The van der Waals surface area contributed by atoms with Crippen LogP contribution in [0.4, 0.5) is 14.5 Å². The molecule has 0 bridgehead atoms. The van der Waals surface area contributed by atoms with E-state index >= 15 is 0 Å². The molecule has 7 nitrogen and oxygen atoms in total. The topological polar surface area (TPSA) is 73.4 Å². The second kappa shape index (κ2) is 10.2. The average molecular weight is 569 g/mol. The normalized spacial score (nSPS) is 19.9. The largest absolute Gasteiger partial charge is 0.495 e.